The van der Waals surface area contributed by atoms with Gasteiger partial charge in [-0.1, -0.05) is 72.3 Å². The number of aromatic nitrogens is 10. The molecule has 2 fully saturated rings. The van der Waals surface area contributed by atoms with E-state index < -0.39 is 15.8 Å². The lowest BCUT2D eigenvalue weighted by Gasteiger charge is -2.34. The van der Waals surface area contributed by atoms with Gasteiger partial charge in [0.2, 0.25) is 38.1 Å². The van der Waals surface area contributed by atoms with Crippen molar-refractivity contribution in [2.75, 3.05) is 203 Å². The quantitative estimate of drug-likeness (QED) is 0.0164. The normalized spacial score (nSPS) is 13.4. The average Bonchev–Trinajstić information content (AvgIpc) is 1.71. The van der Waals surface area contributed by atoms with Crippen molar-refractivity contribution in [3.05, 3.63) is 263 Å². The van der Waals surface area contributed by atoms with Gasteiger partial charge in [-0.3, -0.25) is 34.6 Å². The molecule has 17 rings (SSSR count). The van der Waals surface area contributed by atoms with E-state index in [1.54, 1.807) is 101 Å². The number of benzene rings is 7. The molecular formula is C92H99Cl5N26O13. The molecule has 2 saturated heterocycles. The Kier molecular flexibility index (Phi) is 35.7. The van der Waals surface area contributed by atoms with Crippen molar-refractivity contribution in [3.8, 4) is 11.5 Å². The van der Waals surface area contributed by atoms with Crippen molar-refractivity contribution < 1.29 is 52.8 Å². The van der Waals surface area contributed by atoms with Crippen molar-refractivity contribution >= 4 is 197 Å². The molecule has 0 aliphatic carbocycles. The molecule has 0 saturated carbocycles. The molecule has 0 spiro atoms. The number of amides is 3. The number of carbonyl (C=O) groups is 5. The number of fused-ring (bicyclic) bond motifs is 6. The van der Waals surface area contributed by atoms with Crippen LogP contribution in [0.3, 0.4) is 0 Å². The fraction of sp³-hybridized carbons (Fsp3) is 0.272. The lowest BCUT2D eigenvalue weighted by molar-refractivity contribution is -0.385. The molecule has 7 aromatic carbocycles. The predicted molar refractivity (Wildman–Crippen MR) is 530 cm³/mol. The number of anilines is 17. The van der Waals surface area contributed by atoms with Gasteiger partial charge in [-0.05, 0) is 173 Å². The molecule has 0 atom stereocenters. The van der Waals surface area contributed by atoms with Crippen LogP contribution in [0.5, 0.6) is 11.5 Å². The Bertz CT molecular complexity index is 6310. The maximum absolute atomic E-state index is 13.2. The van der Waals surface area contributed by atoms with Gasteiger partial charge >= 0.3 is 23.3 Å². The van der Waals surface area contributed by atoms with Gasteiger partial charge in [-0.15, -0.1) is 0 Å². The first-order valence-electron chi connectivity index (χ1n) is 42.4. The van der Waals surface area contributed by atoms with E-state index in [4.69, 9.17) is 87.7 Å². The highest BCUT2D eigenvalue weighted by atomic mass is 35.5. The molecule has 44 heteroatoms. The Morgan fingerprint density at radius 2 is 0.919 bits per heavy atom. The van der Waals surface area contributed by atoms with Crippen molar-refractivity contribution in [1.82, 2.24) is 59.6 Å². The Hall–Kier alpha value is -14.7. The second-order valence-corrected chi connectivity index (χ2v) is 31.6. The minimum Gasteiger partial charge on any atom is -0.495 e. The summed E-state index contributed by atoms with van der Waals surface area (Å²) >= 11 is 28.1. The van der Waals surface area contributed by atoms with Crippen LogP contribution in [0, 0.1) is 20.2 Å². The van der Waals surface area contributed by atoms with E-state index in [2.05, 4.69) is 113 Å². The lowest BCUT2D eigenvalue weighted by Crippen LogP contribution is -2.44. The van der Waals surface area contributed by atoms with Gasteiger partial charge in [0, 0.05) is 130 Å². The minimum absolute atomic E-state index is 0.0215. The summed E-state index contributed by atoms with van der Waals surface area (Å²) in [7, 11) is 16.6. The summed E-state index contributed by atoms with van der Waals surface area (Å²) in [4.78, 5) is 141. The Labute approximate surface area is 809 Å². The SMILES string of the molecule is CCN1C(=O)c2ccccc2N(C)c2nc(Cl)ncc21.CCN1C(=O)c2ccccc2N(C)c2nc(Nc3ccc(N4CCN(C)CC4)cc3OC)ncc21.CCOC(=O)c1ccccc1N(C)c1nc(Cl)ncc1[N+](=O)[O-].CCOC(=O)c1ccccc1NC.CN1c2ccccc2C(=O)Nc2cnc(Cl)nc21.COc1cc(N2CCN(C)CC2)ccc1N.O=[N+]([O-])c1cnc(Cl)nc1Cl. The van der Waals surface area contributed by atoms with E-state index in [1.807, 2.05) is 153 Å². The zero-order chi connectivity index (χ0) is 98.1. The van der Waals surface area contributed by atoms with Crippen molar-refractivity contribution in [2.24, 2.45) is 0 Å². The number of hydrogen-bond acceptors (Lipinski definition) is 34. The number of likely N-dealkylation sites (N-methyl/N-ethyl adjacent to an activating group) is 2. The zero-order valence-corrected chi connectivity index (χ0v) is 80.3. The van der Waals surface area contributed by atoms with E-state index in [-0.39, 0.29) is 79.3 Å². The van der Waals surface area contributed by atoms with E-state index in [0.717, 1.165) is 110 Å². The van der Waals surface area contributed by atoms with E-state index in [9.17, 15) is 44.2 Å². The maximum Gasteiger partial charge on any atom is 0.340 e. The third-order valence-corrected chi connectivity index (χ3v) is 22.6. The number of nitrogens with one attached hydrogen (secondary N) is 3. The highest BCUT2D eigenvalue weighted by Crippen LogP contribution is 2.43. The molecule has 12 aromatic rings. The first-order chi connectivity index (χ1) is 65.3. The maximum atomic E-state index is 13.2. The molecule has 3 amide bonds. The second-order valence-electron chi connectivity index (χ2n) is 29.9. The standard InChI is InChI=1S/C26H31N7O2.C14H13ClN4O4.C14H13ClN4O.C12H9ClN4O.C12H19N3O.C10H13NO2.C4HCl2N3O2/c1-5-33-22-17-27-26(29-24(22)31(3)21-9-7-6-8-19(21)25(33)34)28-20-11-10-18(16-23(20)35-4)32-14-12-30(2)13-15-32;1-3-23-13(20)9-6-4-5-7-10(9)18(2)12-11(19(21)22)8-16-14(15)17-12;1-3-19-11-8-16-14(15)17-12(11)18(2)10-7-5-4-6-9(10)13(19)20;1-17-9-5-3-2-4-7(9)11(18)15-8-6-14-12(13)16-10(8)17;1-14-5-7-15(8-6-14)10-3-4-11(13)12(9-10)16-2;1-3-13-10(12)8-6-4-5-7-9(8)11-2;5-3-2(9(10)11)1-7-4(6)8-3/h6-11,16-17H,5,12-15H2,1-4H3,(H,27,28,29);4-8H,3H2,1-2H3;4-8H,3H2,1-2H3;2-6H,1H3,(H,15,18);3-4,9H,5-8,13H2,1-2H3;4-7,11H,3H2,1-2H3;1H. The Morgan fingerprint density at radius 3 is 1.45 bits per heavy atom. The topological polar surface area (TPSA) is 432 Å². The number of methoxy groups -OCH3 is 2. The Morgan fingerprint density at radius 1 is 0.485 bits per heavy atom. The molecule has 136 heavy (non-hydrogen) atoms. The summed E-state index contributed by atoms with van der Waals surface area (Å²) < 4.78 is 20.8. The van der Waals surface area contributed by atoms with Gasteiger partial charge in [0.15, 0.2) is 17.5 Å². The largest absolute Gasteiger partial charge is 0.495 e. The smallest absolute Gasteiger partial charge is 0.340 e. The zero-order valence-electron chi connectivity index (χ0n) is 76.5. The van der Waals surface area contributed by atoms with E-state index in [0.29, 0.717) is 93.8 Å². The lowest BCUT2D eigenvalue weighted by atomic mass is 10.1. The third-order valence-electron chi connectivity index (χ3n) is 21.6. The van der Waals surface area contributed by atoms with Crippen LogP contribution < -0.4 is 70.4 Å². The molecule has 5 aliphatic heterocycles. The number of nitrogens with two attached hydrogens (primary N) is 1. The monoisotopic (exact) mass is 1950 g/mol. The van der Waals surface area contributed by atoms with Gasteiger partial charge in [-0.2, -0.15) is 24.9 Å². The number of piperazine rings is 2. The van der Waals surface area contributed by atoms with Crippen LogP contribution in [0.2, 0.25) is 26.3 Å². The molecule has 0 unspecified atom stereocenters. The first-order valence-corrected chi connectivity index (χ1v) is 44.3. The van der Waals surface area contributed by atoms with Crippen LogP contribution in [0.15, 0.2) is 189 Å². The van der Waals surface area contributed by atoms with Crippen molar-refractivity contribution in [3.63, 3.8) is 0 Å². The molecule has 5 N–H and O–H groups in total. The Balaban J connectivity index is 0.000000157. The van der Waals surface area contributed by atoms with Crippen LogP contribution >= 0.6 is 58.0 Å². The number of rotatable bonds is 17. The van der Waals surface area contributed by atoms with Gasteiger partial charge in [0.25, 0.3) is 17.7 Å². The third kappa shape index (κ3) is 24.8. The number of carbonyl (C=O) groups excluding carboxylic acids is 5. The van der Waals surface area contributed by atoms with Crippen molar-refractivity contribution in [1.29, 1.82) is 0 Å². The number of para-hydroxylation sites is 5. The van der Waals surface area contributed by atoms with Crippen LogP contribution in [-0.2, 0) is 9.47 Å². The number of nitrogens with zero attached hydrogens (tertiary/aromatic N) is 22. The van der Waals surface area contributed by atoms with Crippen LogP contribution in [0.1, 0.15) is 79.5 Å². The number of halogens is 5. The summed E-state index contributed by atoms with van der Waals surface area (Å²) in [5, 5.41) is 30.1. The van der Waals surface area contributed by atoms with E-state index >= 15 is 0 Å². The first kappa shape index (κ1) is 102. The molecule has 39 nitrogen and oxygen atoms in total. The summed E-state index contributed by atoms with van der Waals surface area (Å²) in [6.45, 7) is 17.4. The van der Waals surface area contributed by atoms with Gasteiger partial charge in [0.05, 0.1) is 118 Å². The average molecular weight is 1950 g/mol. The number of hydrogen-bond donors (Lipinski definition) is 4. The summed E-state index contributed by atoms with van der Waals surface area (Å²) in [5.74, 6) is 2.66. The summed E-state index contributed by atoms with van der Waals surface area (Å²) in [6, 6.07) is 48.3. The fourth-order valence-electron chi connectivity index (χ4n) is 14.5. The molecule has 0 radical (unpaired) electrons. The predicted octanol–water partition coefficient (Wildman–Crippen LogP) is 16.7. The number of nitrogen functional groups attached to an aromatic ring is 1. The molecule has 5 aliphatic rings. The summed E-state index contributed by atoms with van der Waals surface area (Å²) in [6.07, 6.45) is 6.78. The molecular weight excluding hydrogens is 1850 g/mol. The second kappa shape index (κ2) is 47.8. The minimum atomic E-state index is -0.682. The van der Waals surface area contributed by atoms with E-state index in [1.165, 1.54) is 16.8 Å². The van der Waals surface area contributed by atoms with Crippen LogP contribution in [0.25, 0.3) is 0 Å². The molecule has 10 heterocycles. The van der Waals surface area contributed by atoms with Crippen LogP contribution in [-0.4, -0.2) is 241 Å². The molecule has 5 aromatic heterocycles. The molecule has 710 valence electrons. The highest BCUT2D eigenvalue weighted by Gasteiger charge is 2.34. The molecule has 0 bridgehead atoms. The van der Waals surface area contributed by atoms with Crippen molar-refractivity contribution in [2.45, 2.75) is 27.7 Å². The summed E-state index contributed by atoms with van der Waals surface area (Å²) in [5.41, 5.74) is 17.1. The number of esters is 2. The van der Waals surface area contributed by atoms with Gasteiger partial charge in [-0.25, -0.2) is 34.5 Å². The number of ether oxygens (including phenoxy) is 4. The highest BCUT2D eigenvalue weighted by molar-refractivity contribution is 6.33. The van der Waals surface area contributed by atoms with Gasteiger partial charge < -0.3 is 89.6 Å². The van der Waals surface area contributed by atoms with Crippen LogP contribution in [0.4, 0.5) is 109 Å². The van der Waals surface area contributed by atoms with Gasteiger partial charge in [0.1, 0.15) is 41.0 Å². The fourth-order valence-corrected chi connectivity index (χ4v) is 15.3. The number of nitro groups is 2.